The molecule has 0 aliphatic carbocycles. The summed E-state index contributed by atoms with van der Waals surface area (Å²) >= 11 is 0. The number of likely N-dealkylation sites (tertiary alicyclic amines) is 1. The molecule has 4 heteroatoms. The highest BCUT2D eigenvalue weighted by Crippen LogP contribution is 2.33. The maximum absolute atomic E-state index is 10.5. The Morgan fingerprint density at radius 2 is 2.00 bits per heavy atom. The first kappa shape index (κ1) is 17.0. The van der Waals surface area contributed by atoms with Crippen LogP contribution in [0.1, 0.15) is 44.1 Å². The molecule has 0 amide bonds. The summed E-state index contributed by atoms with van der Waals surface area (Å²) in [6.07, 6.45) is 3.28. The van der Waals surface area contributed by atoms with Crippen molar-refractivity contribution in [3.05, 3.63) is 35.9 Å². The molecular weight excluding hydrogens is 274 g/mol. The van der Waals surface area contributed by atoms with Crippen LogP contribution >= 0.6 is 12.4 Å². The number of hydrogen-bond donors (Lipinski definition) is 1. The minimum atomic E-state index is -0.684. The molecule has 1 aliphatic rings. The molecule has 1 aliphatic heterocycles. The lowest BCUT2D eigenvalue weighted by Gasteiger charge is -2.24. The van der Waals surface area contributed by atoms with Crippen molar-refractivity contribution in [2.45, 2.75) is 44.6 Å². The fraction of sp³-hybridized carbons (Fsp3) is 0.562. The summed E-state index contributed by atoms with van der Waals surface area (Å²) in [6, 6.07) is 11.3. The summed E-state index contributed by atoms with van der Waals surface area (Å²) in [5.41, 5.74) is 1.43. The number of unbranched alkanes of at least 4 members (excludes halogenated alkanes) is 1. The first-order valence-corrected chi connectivity index (χ1v) is 7.19. The van der Waals surface area contributed by atoms with Gasteiger partial charge in [0.2, 0.25) is 0 Å². The van der Waals surface area contributed by atoms with Gasteiger partial charge in [-0.15, -0.1) is 12.4 Å². The molecule has 3 nitrogen and oxygen atoms in total. The van der Waals surface area contributed by atoms with Crippen molar-refractivity contribution in [2.24, 2.45) is 0 Å². The van der Waals surface area contributed by atoms with E-state index in [-0.39, 0.29) is 12.4 Å². The normalized spacial score (nSPS) is 22.4. The number of benzene rings is 1. The van der Waals surface area contributed by atoms with Crippen molar-refractivity contribution in [1.29, 1.82) is 0 Å². The average Bonchev–Trinajstić information content (AvgIpc) is 2.77. The second-order valence-corrected chi connectivity index (χ2v) is 5.43. The smallest absolute Gasteiger partial charge is 0.303 e. The Hall–Kier alpha value is -1.06. The van der Waals surface area contributed by atoms with Gasteiger partial charge in [0, 0.05) is 18.4 Å². The zero-order chi connectivity index (χ0) is 13.7. The number of carboxylic acids is 1. The molecule has 0 spiro atoms. The van der Waals surface area contributed by atoms with E-state index >= 15 is 0 Å². The Kier molecular flexibility index (Phi) is 7.03. The molecule has 0 radical (unpaired) electrons. The van der Waals surface area contributed by atoms with E-state index < -0.39 is 5.97 Å². The van der Waals surface area contributed by atoms with Gasteiger partial charge in [-0.2, -0.15) is 0 Å². The number of rotatable bonds is 6. The second-order valence-electron chi connectivity index (χ2n) is 5.43. The van der Waals surface area contributed by atoms with Crippen LogP contribution in [0.5, 0.6) is 0 Å². The number of carboxylic acid groups (broad SMARTS) is 1. The highest BCUT2D eigenvalue weighted by molar-refractivity contribution is 5.85. The van der Waals surface area contributed by atoms with Crippen LogP contribution in [0.25, 0.3) is 0 Å². The SMILES string of the molecule is CC1C(c2ccccc2)CCN1CCCCC(=O)O.Cl. The molecule has 1 aromatic rings. The second kappa shape index (κ2) is 8.28. The minimum absolute atomic E-state index is 0. The van der Waals surface area contributed by atoms with Crippen LogP contribution in [0.2, 0.25) is 0 Å². The van der Waals surface area contributed by atoms with Crippen LogP contribution in [-0.2, 0) is 4.79 Å². The van der Waals surface area contributed by atoms with Crippen molar-refractivity contribution >= 4 is 18.4 Å². The topological polar surface area (TPSA) is 40.5 Å². The van der Waals surface area contributed by atoms with Gasteiger partial charge in [0.1, 0.15) is 0 Å². The van der Waals surface area contributed by atoms with Crippen LogP contribution in [0.15, 0.2) is 30.3 Å². The molecule has 0 bridgehead atoms. The Balaban J connectivity index is 0.00000200. The number of halogens is 1. The Bertz CT molecular complexity index is 410. The predicted molar refractivity (Wildman–Crippen MR) is 83.6 cm³/mol. The highest BCUT2D eigenvalue weighted by atomic mass is 35.5. The van der Waals surface area contributed by atoms with Crippen molar-refractivity contribution in [3.63, 3.8) is 0 Å². The molecule has 1 N–H and O–H groups in total. The molecule has 1 saturated heterocycles. The summed E-state index contributed by atoms with van der Waals surface area (Å²) < 4.78 is 0. The lowest BCUT2D eigenvalue weighted by Crippen LogP contribution is -2.30. The van der Waals surface area contributed by atoms with Crippen molar-refractivity contribution in [2.75, 3.05) is 13.1 Å². The summed E-state index contributed by atoms with van der Waals surface area (Å²) in [4.78, 5) is 13.0. The lowest BCUT2D eigenvalue weighted by atomic mass is 9.93. The van der Waals surface area contributed by atoms with Crippen LogP contribution < -0.4 is 0 Å². The standard InChI is InChI=1S/C16H23NO2.ClH/c1-13-15(14-7-3-2-4-8-14)10-12-17(13)11-6-5-9-16(18)19;/h2-4,7-8,13,15H,5-6,9-12H2,1H3,(H,18,19);1H. The van der Waals surface area contributed by atoms with Crippen LogP contribution in [0.3, 0.4) is 0 Å². The summed E-state index contributed by atoms with van der Waals surface area (Å²) in [6.45, 7) is 4.45. The van der Waals surface area contributed by atoms with Gasteiger partial charge in [-0.05, 0) is 44.8 Å². The van der Waals surface area contributed by atoms with Crippen molar-refractivity contribution in [3.8, 4) is 0 Å². The predicted octanol–water partition coefficient (Wildman–Crippen LogP) is 3.54. The van der Waals surface area contributed by atoms with Crippen molar-refractivity contribution in [1.82, 2.24) is 4.90 Å². The van der Waals surface area contributed by atoms with E-state index in [0.29, 0.717) is 18.4 Å². The zero-order valence-corrected chi connectivity index (χ0v) is 12.8. The summed E-state index contributed by atoms with van der Waals surface area (Å²) in [7, 11) is 0. The molecule has 20 heavy (non-hydrogen) atoms. The fourth-order valence-electron chi connectivity index (χ4n) is 3.06. The molecule has 112 valence electrons. The van der Waals surface area contributed by atoms with Crippen LogP contribution in [-0.4, -0.2) is 35.1 Å². The third-order valence-electron chi connectivity index (χ3n) is 4.20. The minimum Gasteiger partial charge on any atom is -0.481 e. The van der Waals surface area contributed by atoms with Crippen molar-refractivity contribution < 1.29 is 9.90 Å². The molecular formula is C16H24ClNO2. The number of aliphatic carboxylic acids is 1. The molecule has 1 aromatic carbocycles. The Morgan fingerprint density at radius 1 is 1.30 bits per heavy atom. The van der Waals surface area contributed by atoms with E-state index in [1.54, 1.807) is 0 Å². The third-order valence-corrected chi connectivity index (χ3v) is 4.20. The molecule has 1 heterocycles. The molecule has 0 saturated carbocycles. The molecule has 2 atom stereocenters. The molecule has 2 unspecified atom stereocenters. The number of hydrogen-bond acceptors (Lipinski definition) is 2. The van der Waals surface area contributed by atoms with Gasteiger partial charge in [-0.3, -0.25) is 4.79 Å². The quantitative estimate of drug-likeness (QED) is 0.817. The fourth-order valence-corrected chi connectivity index (χ4v) is 3.06. The zero-order valence-electron chi connectivity index (χ0n) is 12.0. The van der Waals surface area contributed by atoms with Gasteiger partial charge in [0.25, 0.3) is 0 Å². The first-order valence-electron chi connectivity index (χ1n) is 7.19. The summed E-state index contributed by atoms with van der Waals surface area (Å²) in [5.74, 6) is -0.0580. The van der Waals surface area contributed by atoms with Gasteiger partial charge < -0.3 is 10.0 Å². The Morgan fingerprint density at radius 3 is 2.65 bits per heavy atom. The van der Waals surface area contributed by atoms with E-state index in [4.69, 9.17) is 5.11 Å². The average molecular weight is 298 g/mol. The first-order chi connectivity index (χ1) is 9.18. The van der Waals surface area contributed by atoms with E-state index in [1.165, 1.54) is 12.0 Å². The molecule has 2 rings (SSSR count). The van der Waals surface area contributed by atoms with Crippen LogP contribution in [0.4, 0.5) is 0 Å². The highest BCUT2D eigenvalue weighted by Gasteiger charge is 2.30. The molecule has 1 fully saturated rings. The van der Waals surface area contributed by atoms with Gasteiger partial charge in [-0.25, -0.2) is 0 Å². The third kappa shape index (κ3) is 4.50. The van der Waals surface area contributed by atoms with Gasteiger partial charge in [0.05, 0.1) is 0 Å². The van der Waals surface area contributed by atoms with E-state index in [9.17, 15) is 4.79 Å². The summed E-state index contributed by atoms with van der Waals surface area (Å²) in [5, 5.41) is 8.63. The lowest BCUT2D eigenvalue weighted by molar-refractivity contribution is -0.137. The largest absolute Gasteiger partial charge is 0.481 e. The van der Waals surface area contributed by atoms with Gasteiger partial charge in [-0.1, -0.05) is 30.3 Å². The number of nitrogens with zero attached hydrogens (tertiary/aromatic N) is 1. The maximum Gasteiger partial charge on any atom is 0.303 e. The Labute approximate surface area is 127 Å². The van der Waals surface area contributed by atoms with E-state index in [2.05, 4.69) is 42.2 Å². The van der Waals surface area contributed by atoms with Gasteiger partial charge >= 0.3 is 5.97 Å². The monoisotopic (exact) mass is 297 g/mol. The maximum atomic E-state index is 10.5. The van der Waals surface area contributed by atoms with Gasteiger partial charge in [0.15, 0.2) is 0 Å². The van der Waals surface area contributed by atoms with Crippen LogP contribution in [0, 0.1) is 0 Å². The molecule has 0 aromatic heterocycles. The number of carbonyl (C=O) groups is 1. The van der Waals surface area contributed by atoms with E-state index in [1.807, 2.05) is 0 Å². The van der Waals surface area contributed by atoms with E-state index in [0.717, 1.165) is 25.9 Å².